The van der Waals surface area contributed by atoms with Gasteiger partial charge in [-0.25, -0.2) is 0 Å². The number of alkyl halides is 3. The van der Waals surface area contributed by atoms with Gasteiger partial charge in [0.1, 0.15) is 11.9 Å². The largest absolute Gasteiger partial charge is 0.389 e. The molecule has 0 saturated carbocycles. The summed E-state index contributed by atoms with van der Waals surface area (Å²) < 4.78 is 35.7. The van der Waals surface area contributed by atoms with Gasteiger partial charge in [-0.2, -0.15) is 13.2 Å². The van der Waals surface area contributed by atoms with Crippen molar-refractivity contribution in [2.75, 3.05) is 0 Å². The lowest BCUT2D eigenvalue weighted by Crippen LogP contribution is -2.29. The lowest BCUT2D eigenvalue weighted by atomic mass is 10.2. The van der Waals surface area contributed by atoms with Gasteiger partial charge in [-0.3, -0.25) is 9.79 Å². The van der Waals surface area contributed by atoms with Crippen molar-refractivity contribution in [2.24, 2.45) is 4.99 Å². The van der Waals surface area contributed by atoms with Crippen molar-refractivity contribution in [3.05, 3.63) is 0 Å². The van der Waals surface area contributed by atoms with Crippen molar-refractivity contribution in [3.8, 4) is 0 Å². The Morgan fingerprint density at radius 2 is 2.13 bits per heavy atom. The molecule has 3 nitrogen and oxygen atoms in total. The quantitative estimate of drug-likeness (QED) is 0.776. The minimum Gasteiger partial charge on any atom is -0.313 e. The number of carbonyl (C=O) groups is 1. The van der Waals surface area contributed by atoms with E-state index in [2.05, 4.69) is 10.3 Å². The molecule has 15 heavy (non-hydrogen) atoms. The van der Waals surface area contributed by atoms with Crippen LogP contribution in [0.3, 0.4) is 0 Å². The number of aliphatic imine (C=N–C) groups is 1. The number of carbonyl (C=O) groups excluding carboxylic acids is 1. The summed E-state index contributed by atoms with van der Waals surface area (Å²) in [6.07, 6.45) is -4.01. The van der Waals surface area contributed by atoms with Gasteiger partial charge >= 0.3 is 6.18 Å². The maximum absolute atomic E-state index is 11.9. The minimum absolute atomic E-state index is 0.163. The molecule has 1 N–H and O–H groups in total. The molecule has 0 saturated heterocycles. The lowest BCUT2D eigenvalue weighted by Gasteiger charge is -2.04. The highest BCUT2D eigenvalue weighted by Crippen LogP contribution is 2.22. The summed E-state index contributed by atoms with van der Waals surface area (Å²) in [4.78, 5) is 15.1. The topological polar surface area (TPSA) is 41.5 Å². The molecular formula is C9H13F3N2O. The van der Waals surface area contributed by atoms with Crippen molar-refractivity contribution in [1.82, 2.24) is 5.32 Å². The highest BCUT2D eigenvalue weighted by molar-refractivity contribution is 6.05. The van der Waals surface area contributed by atoms with Gasteiger partial charge in [-0.1, -0.05) is 13.3 Å². The first-order valence-corrected chi connectivity index (χ1v) is 4.86. The van der Waals surface area contributed by atoms with E-state index in [0.29, 0.717) is 6.42 Å². The zero-order valence-electron chi connectivity index (χ0n) is 8.40. The monoisotopic (exact) mass is 222 g/mol. The lowest BCUT2D eigenvalue weighted by molar-refractivity contribution is -0.133. The third kappa shape index (κ3) is 3.89. The van der Waals surface area contributed by atoms with Crippen LogP contribution in [0.1, 0.15) is 32.6 Å². The summed E-state index contributed by atoms with van der Waals surface area (Å²) in [6, 6.07) is -0.488. The zero-order valence-corrected chi connectivity index (χ0v) is 8.40. The van der Waals surface area contributed by atoms with E-state index in [1.807, 2.05) is 6.92 Å². The molecule has 0 aromatic heterocycles. The first kappa shape index (κ1) is 12.0. The van der Waals surface area contributed by atoms with Crippen LogP contribution in [0.15, 0.2) is 4.99 Å². The van der Waals surface area contributed by atoms with Gasteiger partial charge in [-0.05, 0) is 6.42 Å². The van der Waals surface area contributed by atoms with Gasteiger partial charge in [0.2, 0.25) is 5.91 Å². The molecule has 0 aliphatic carbocycles. The van der Waals surface area contributed by atoms with E-state index in [9.17, 15) is 18.0 Å². The molecule has 1 heterocycles. The van der Waals surface area contributed by atoms with Gasteiger partial charge in [-0.15, -0.1) is 0 Å². The zero-order chi connectivity index (χ0) is 11.5. The SMILES string of the molecule is CCCC1N=C(CCC(F)(F)F)NC1=O. The fourth-order valence-electron chi connectivity index (χ4n) is 1.36. The highest BCUT2D eigenvalue weighted by Gasteiger charge is 2.30. The number of amides is 1. The van der Waals surface area contributed by atoms with Crippen molar-refractivity contribution in [1.29, 1.82) is 0 Å². The fourth-order valence-corrected chi connectivity index (χ4v) is 1.36. The van der Waals surface area contributed by atoms with Crippen LogP contribution in [0.5, 0.6) is 0 Å². The molecule has 0 aromatic rings. The summed E-state index contributed by atoms with van der Waals surface area (Å²) in [5.41, 5.74) is 0. The van der Waals surface area contributed by atoms with Crippen LogP contribution in [0.25, 0.3) is 0 Å². The molecule has 1 aliphatic rings. The summed E-state index contributed by atoms with van der Waals surface area (Å²) in [6.45, 7) is 1.90. The third-order valence-electron chi connectivity index (χ3n) is 2.09. The molecule has 86 valence electrons. The van der Waals surface area contributed by atoms with E-state index in [4.69, 9.17) is 0 Å². The Kier molecular flexibility index (Phi) is 3.71. The average Bonchev–Trinajstić information content (AvgIpc) is 2.44. The summed E-state index contributed by atoms with van der Waals surface area (Å²) >= 11 is 0. The Bertz CT molecular complexity index is 273. The second-order valence-corrected chi connectivity index (χ2v) is 3.48. The second kappa shape index (κ2) is 4.63. The van der Waals surface area contributed by atoms with Crippen LogP contribution in [0, 0.1) is 0 Å². The molecule has 1 atom stereocenters. The molecule has 0 spiro atoms. The van der Waals surface area contributed by atoms with Gasteiger partial charge < -0.3 is 5.32 Å². The fraction of sp³-hybridized carbons (Fsp3) is 0.778. The Balaban J connectivity index is 2.44. The molecule has 0 fully saturated rings. The van der Waals surface area contributed by atoms with Crippen molar-refractivity contribution < 1.29 is 18.0 Å². The maximum atomic E-state index is 11.9. The normalized spacial score (nSPS) is 21.5. The van der Waals surface area contributed by atoms with E-state index >= 15 is 0 Å². The number of halogens is 3. The van der Waals surface area contributed by atoms with Crippen molar-refractivity contribution in [2.45, 2.75) is 44.8 Å². The smallest absolute Gasteiger partial charge is 0.313 e. The van der Waals surface area contributed by atoms with Gasteiger partial charge in [0, 0.05) is 6.42 Å². The summed E-state index contributed by atoms with van der Waals surface area (Å²) in [5.74, 6) is -0.121. The van der Waals surface area contributed by atoms with Gasteiger partial charge in [0.15, 0.2) is 0 Å². The molecule has 6 heteroatoms. The molecule has 0 aromatic carbocycles. The number of rotatable bonds is 4. The molecule has 0 bridgehead atoms. The van der Waals surface area contributed by atoms with Crippen LogP contribution in [-0.4, -0.2) is 24.0 Å². The van der Waals surface area contributed by atoms with E-state index in [1.165, 1.54) is 0 Å². The maximum Gasteiger partial charge on any atom is 0.389 e. The van der Waals surface area contributed by atoms with Crippen LogP contribution in [0.2, 0.25) is 0 Å². The molecule has 1 aliphatic heterocycles. The minimum atomic E-state index is -4.20. The number of nitrogens with zero attached hydrogens (tertiary/aromatic N) is 1. The van der Waals surface area contributed by atoms with Gasteiger partial charge in [0.25, 0.3) is 0 Å². The average molecular weight is 222 g/mol. The predicted molar refractivity (Wildman–Crippen MR) is 49.6 cm³/mol. The number of nitrogens with one attached hydrogen (secondary N) is 1. The molecule has 1 unspecified atom stereocenters. The van der Waals surface area contributed by atoms with Crippen molar-refractivity contribution >= 4 is 11.7 Å². The number of amidine groups is 1. The van der Waals surface area contributed by atoms with E-state index in [-0.39, 0.29) is 18.2 Å². The number of hydrogen-bond donors (Lipinski definition) is 1. The molecule has 0 radical (unpaired) electrons. The van der Waals surface area contributed by atoms with E-state index in [0.717, 1.165) is 6.42 Å². The summed E-state index contributed by atoms with van der Waals surface area (Å²) in [7, 11) is 0. The Labute approximate surface area is 85.8 Å². The van der Waals surface area contributed by atoms with Crippen molar-refractivity contribution in [3.63, 3.8) is 0 Å². The molecule has 1 amide bonds. The Hall–Kier alpha value is -1.07. The first-order chi connectivity index (χ1) is 6.92. The number of hydrogen-bond acceptors (Lipinski definition) is 2. The highest BCUT2D eigenvalue weighted by atomic mass is 19.4. The molecule has 1 rings (SSSR count). The predicted octanol–water partition coefficient (Wildman–Crippen LogP) is 2.03. The van der Waals surface area contributed by atoms with Crippen LogP contribution < -0.4 is 5.32 Å². The molecular weight excluding hydrogens is 209 g/mol. The van der Waals surface area contributed by atoms with Crippen LogP contribution >= 0.6 is 0 Å². The van der Waals surface area contributed by atoms with Crippen LogP contribution in [0.4, 0.5) is 13.2 Å². The Morgan fingerprint density at radius 1 is 1.47 bits per heavy atom. The standard InChI is InChI=1S/C9H13F3N2O/c1-2-3-6-8(15)14-7(13-6)4-5-9(10,11)12/h6H,2-5H2,1H3,(H,13,14,15). The summed E-state index contributed by atoms with van der Waals surface area (Å²) in [5, 5.41) is 2.37. The Morgan fingerprint density at radius 3 is 2.67 bits per heavy atom. The third-order valence-corrected chi connectivity index (χ3v) is 2.09. The van der Waals surface area contributed by atoms with E-state index in [1.54, 1.807) is 0 Å². The van der Waals surface area contributed by atoms with E-state index < -0.39 is 18.6 Å². The van der Waals surface area contributed by atoms with Crippen LogP contribution in [-0.2, 0) is 4.79 Å². The first-order valence-electron chi connectivity index (χ1n) is 4.86. The van der Waals surface area contributed by atoms with Gasteiger partial charge in [0.05, 0.1) is 6.42 Å². The second-order valence-electron chi connectivity index (χ2n) is 3.48.